The van der Waals surface area contributed by atoms with E-state index in [1.54, 1.807) is 0 Å². The van der Waals surface area contributed by atoms with Crippen LogP contribution in [0.15, 0.2) is 48.6 Å². The molecular formula is C19H10F6O8S2. The van der Waals surface area contributed by atoms with Gasteiger partial charge in [0.2, 0.25) is 0 Å². The molecule has 2 aliphatic rings. The second kappa shape index (κ2) is 7.30. The summed E-state index contributed by atoms with van der Waals surface area (Å²) in [4.78, 5) is 0. The summed E-state index contributed by atoms with van der Waals surface area (Å²) in [6.45, 7) is 0. The molecule has 0 radical (unpaired) electrons. The van der Waals surface area contributed by atoms with E-state index in [9.17, 15) is 53.4 Å². The molecule has 0 saturated carbocycles. The number of hydrogen-bond donors (Lipinski definition) is 2. The molecular weight excluding hydrogens is 534 g/mol. The lowest BCUT2D eigenvalue weighted by Gasteiger charge is -2.24. The standard InChI is InChI=1S/C19H10F6O8S2/c20-18(21,22)34(28,29)32-9-1-3-11-13(5-9)17(7-15(11)26)8-16(27)12-4-2-10(6-14(12)17)33-35(30,31)19(23,24)25/h1-8,26-27H. The molecule has 2 aromatic carbocycles. The molecule has 0 unspecified atom stereocenters. The summed E-state index contributed by atoms with van der Waals surface area (Å²) in [6.07, 6.45) is 2.15. The molecule has 0 amide bonds. The van der Waals surface area contributed by atoms with E-state index in [2.05, 4.69) is 8.37 Å². The van der Waals surface area contributed by atoms with Gasteiger partial charge in [-0.15, -0.1) is 0 Å². The molecule has 188 valence electrons. The SMILES string of the molecule is O=S(=O)(Oc1ccc2c(c1)C1(C=C2O)C=C(O)c2ccc(OS(=O)(=O)C(F)(F)F)cc21)C(F)(F)F. The molecule has 0 bridgehead atoms. The first-order valence-electron chi connectivity index (χ1n) is 9.03. The van der Waals surface area contributed by atoms with Crippen LogP contribution >= 0.6 is 0 Å². The van der Waals surface area contributed by atoms with E-state index in [0.717, 1.165) is 48.6 Å². The van der Waals surface area contributed by atoms with Crippen molar-refractivity contribution in [3.63, 3.8) is 0 Å². The zero-order valence-electron chi connectivity index (χ0n) is 16.5. The molecule has 0 fully saturated rings. The first kappa shape index (κ1) is 24.7. The number of aliphatic hydroxyl groups excluding tert-OH is 2. The van der Waals surface area contributed by atoms with Crippen LogP contribution in [0.5, 0.6) is 11.5 Å². The Morgan fingerprint density at radius 3 is 1.31 bits per heavy atom. The Labute approximate surface area is 192 Å². The van der Waals surface area contributed by atoms with Gasteiger partial charge in [-0.2, -0.15) is 43.2 Å². The normalized spacial score (nSPS) is 17.0. The van der Waals surface area contributed by atoms with Gasteiger partial charge in [0.05, 0.1) is 5.41 Å². The van der Waals surface area contributed by atoms with Gasteiger partial charge in [-0.25, -0.2) is 0 Å². The van der Waals surface area contributed by atoms with Crippen LogP contribution in [0.4, 0.5) is 26.3 Å². The summed E-state index contributed by atoms with van der Waals surface area (Å²) < 4.78 is 130. The van der Waals surface area contributed by atoms with Crippen molar-refractivity contribution in [2.24, 2.45) is 0 Å². The molecule has 2 aromatic rings. The molecule has 0 aromatic heterocycles. The Bertz CT molecular complexity index is 1400. The number of benzene rings is 2. The topological polar surface area (TPSA) is 127 Å². The van der Waals surface area contributed by atoms with Crippen molar-refractivity contribution in [2.45, 2.75) is 16.4 Å². The van der Waals surface area contributed by atoms with Crippen molar-refractivity contribution in [3.8, 4) is 11.5 Å². The van der Waals surface area contributed by atoms with E-state index in [1.165, 1.54) is 0 Å². The highest BCUT2D eigenvalue weighted by Crippen LogP contribution is 2.53. The zero-order valence-corrected chi connectivity index (χ0v) is 18.2. The smallest absolute Gasteiger partial charge is 0.508 e. The van der Waals surface area contributed by atoms with E-state index in [1.807, 2.05) is 0 Å². The quantitative estimate of drug-likeness (QED) is 0.332. The molecule has 35 heavy (non-hydrogen) atoms. The summed E-state index contributed by atoms with van der Waals surface area (Å²) in [5.74, 6) is -2.60. The van der Waals surface area contributed by atoms with E-state index in [-0.39, 0.29) is 22.3 Å². The van der Waals surface area contributed by atoms with E-state index in [4.69, 9.17) is 0 Å². The van der Waals surface area contributed by atoms with Gasteiger partial charge in [-0.05, 0) is 59.7 Å². The maximum absolute atomic E-state index is 12.7. The second-order valence-corrected chi connectivity index (χ2v) is 10.4. The van der Waals surface area contributed by atoms with Gasteiger partial charge in [-0.3, -0.25) is 0 Å². The lowest BCUT2D eigenvalue weighted by Crippen LogP contribution is -2.28. The number of alkyl halides is 6. The molecule has 8 nitrogen and oxygen atoms in total. The van der Waals surface area contributed by atoms with Crippen LogP contribution in [0.1, 0.15) is 22.3 Å². The highest BCUT2D eigenvalue weighted by molar-refractivity contribution is 7.88. The highest BCUT2D eigenvalue weighted by Gasteiger charge is 2.51. The van der Waals surface area contributed by atoms with Crippen LogP contribution < -0.4 is 8.37 Å². The third kappa shape index (κ3) is 3.85. The maximum Gasteiger partial charge on any atom is 0.534 e. The number of fused-ring (bicyclic) bond motifs is 4. The van der Waals surface area contributed by atoms with Crippen LogP contribution in [-0.4, -0.2) is 38.1 Å². The van der Waals surface area contributed by atoms with E-state index < -0.39 is 59.7 Å². The summed E-state index contributed by atoms with van der Waals surface area (Å²) in [6, 6.07) is 5.32. The van der Waals surface area contributed by atoms with Gasteiger partial charge in [0, 0.05) is 11.1 Å². The van der Waals surface area contributed by atoms with Crippen molar-refractivity contribution in [2.75, 3.05) is 0 Å². The van der Waals surface area contributed by atoms with Crippen LogP contribution in [0.25, 0.3) is 11.5 Å². The molecule has 1 spiro atoms. The number of hydrogen-bond acceptors (Lipinski definition) is 8. The van der Waals surface area contributed by atoms with Gasteiger partial charge in [0.1, 0.15) is 23.0 Å². The fourth-order valence-electron chi connectivity index (χ4n) is 3.71. The summed E-state index contributed by atoms with van der Waals surface area (Å²) in [5, 5.41) is 20.7. The molecule has 2 N–H and O–H groups in total. The lowest BCUT2D eigenvalue weighted by atomic mass is 9.78. The predicted molar refractivity (Wildman–Crippen MR) is 106 cm³/mol. The molecule has 16 heteroatoms. The number of rotatable bonds is 4. The van der Waals surface area contributed by atoms with Gasteiger partial charge >= 0.3 is 31.3 Å². The molecule has 0 heterocycles. The lowest BCUT2D eigenvalue weighted by molar-refractivity contribution is -0.0504. The van der Waals surface area contributed by atoms with Crippen LogP contribution in [-0.2, 0) is 25.7 Å². The fourth-order valence-corrected chi connectivity index (χ4v) is 4.62. The average molecular weight is 544 g/mol. The Hall–Kier alpha value is -3.40. The highest BCUT2D eigenvalue weighted by atomic mass is 32.2. The van der Waals surface area contributed by atoms with Crippen molar-refractivity contribution < 1.29 is 61.8 Å². The molecule has 2 aliphatic carbocycles. The largest absolute Gasteiger partial charge is 0.534 e. The molecule has 4 rings (SSSR count). The summed E-state index contributed by atoms with van der Waals surface area (Å²) >= 11 is 0. The summed E-state index contributed by atoms with van der Waals surface area (Å²) in [5.41, 5.74) is -13.6. The minimum Gasteiger partial charge on any atom is -0.508 e. The van der Waals surface area contributed by atoms with E-state index in [0.29, 0.717) is 0 Å². The third-order valence-corrected chi connectivity index (χ3v) is 7.09. The van der Waals surface area contributed by atoms with Crippen LogP contribution in [0.3, 0.4) is 0 Å². The maximum atomic E-state index is 12.7. The first-order chi connectivity index (χ1) is 15.9. The predicted octanol–water partition coefficient (Wildman–Crippen LogP) is 4.25. The Morgan fingerprint density at radius 1 is 0.657 bits per heavy atom. The zero-order chi connectivity index (χ0) is 26.2. The van der Waals surface area contributed by atoms with Crippen molar-refractivity contribution in [3.05, 3.63) is 70.8 Å². The number of allylic oxidation sites excluding steroid dienone is 2. The van der Waals surface area contributed by atoms with Crippen LogP contribution in [0, 0.1) is 0 Å². The average Bonchev–Trinajstić information content (AvgIpc) is 3.13. The van der Waals surface area contributed by atoms with Crippen molar-refractivity contribution >= 4 is 31.8 Å². The minimum absolute atomic E-state index is 0.0344. The fraction of sp³-hybridized carbons (Fsp3) is 0.158. The molecule has 0 aliphatic heterocycles. The third-order valence-electron chi connectivity index (χ3n) is 5.13. The number of aliphatic hydroxyl groups is 2. The van der Waals surface area contributed by atoms with Gasteiger partial charge < -0.3 is 18.6 Å². The molecule has 0 atom stereocenters. The monoisotopic (exact) mass is 544 g/mol. The Morgan fingerprint density at radius 2 is 1.00 bits per heavy atom. The number of halogens is 6. The minimum atomic E-state index is -6.07. The Balaban J connectivity index is 1.85. The van der Waals surface area contributed by atoms with Gasteiger partial charge in [0.25, 0.3) is 0 Å². The first-order valence-corrected chi connectivity index (χ1v) is 11.8. The van der Waals surface area contributed by atoms with E-state index >= 15 is 0 Å². The summed E-state index contributed by atoms with van der Waals surface area (Å²) in [7, 11) is -12.1. The van der Waals surface area contributed by atoms with Crippen molar-refractivity contribution in [1.82, 2.24) is 0 Å². The second-order valence-electron chi connectivity index (χ2n) is 7.31. The van der Waals surface area contributed by atoms with Gasteiger partial charge in [0.15, 0.2) is 0 Å². The van der Waals surface area contributed by atoms with Gasteiger partial charge in [-0.1, -0.05) is 0 Å². The Kier molecular flexibility index (Phi) is 5.16. The molecule has 0 saturated heterocycles. The van der Waals surface area contributed by atoms with Crippen LogP contribution in [0.2, 0.25) is 0 Å². The van der Waals surface area contributed by atoms with Crippen molar-refractivity contribution in [1.29, 1.82) is 0 Å².